The van der Waals surface area contributed by atoms with Gasteiger partial charge in [-0.15, -0.1) is 11.8 Å². The van der Waals surface area contributed by atoms with Gasteiger partial charge in [0.1, 0.15) is 5.82 Å². The van der Waals surface area contributed by atoms with Crippen LogP contribution in [0.15, 0.2) is 47.4 Å². The lowest BCUT2D eigenvalue weighted by molar-refractivity contribution is 0.0952. The number of benzene rings is 2. The molecule has 1 N–H and O–H groups in total. The third kappa shape index (κ3) is 4.92. The molecular weight excluding hydrogens is 332 g/mol. The first-order valence-corrected chi connectivity index (χ1v) is 7.92. The van der Waals surface area contributed by atoms with Crippen LogP contribution < -0.4 is 5.32 Å². The van der Waals surface area contributed by atoms with Crippen LogP contribution in [0.2, 0.25) is 10.0 Å². The molecule has 2 nitrogen and oxygen atoms in total. The van der Waals surface area contributed by atoms with Gasteiger partial charge in [-0.25, -0.2) is 4.39 Å². The number of carbonyl (C=O) groups excluding carboxylic acids is 1. The van der Waals surface area contributed by atoms with Gasteiger partial charge in [-0.05, 0) is 42.5 Å². The van der Waals surface area contributed by atoms with E-state index in [1.54, 1.807) is 11.8 Å². The Morgan fingerprint density at radius 2 is 1.76 bits per heavy atom. The molecule has 0 fully saturated rings. The van der Waals surface area contributed by atoms with Gasteiger partial charge in [0.15, 0.2) is 0 Å². The van der Waals surface area contributed by atoms with Gasteiger partial charge in [0.2, 0.25) is 0 Å². The van der Waals surface area contributed by atoms with Crippen molar-refractivity contribution in [1.82, 2.24) is 5.32 Å². The highest BCUT2D eigenvalue weighted by atomic mass is 35.5. The Kier molecular flexibility index (Phi) is 5.91. The molecule has 0 aliphatic carbocycles. The van der Waals surface area contributed by atoms with E-state index in [2.05, 4.69) is 5.32 Å². The lowest BCUT2D eigenvalue weighted by atomic mass is 10.2. The molecule has 0 atom stereocenters. The standard InChI is InChI=1S/C15H12Cl2FNOS/c16-10-1-4-12(5-2-10)21-8-7-19-15(20)13-9-11(17)3-6-14(13)18/h1-6,9H,7-8H2,(H,19,20). The summed E-state index contributed by atoms with van der Waals surface area (Å²) in [6, 6.07) is 11.3. The van der Waals surface area contributed by atoms with E-state index in [4.69, 9.17) is 23.2 Å². The van der Waals surface area contributed by atoms with Crippen molar-refractivity contribution in [2.45, 2.75) is 4.90 Å². The predicted molar refractivity (Wildman–Crippen MR) is 85.9 cm³/mol. The lowest BCUT2D eigenvalue weighted by Crippen LogP contribution is -2.26. The Morgan fingerprint density at radius 3 is 2.48 bits per heavy atom. The van der Waals surface area contributed by atoms with E-state index in [1.165, 1.54) is 18.2 Å². The maximum absolute atomic E-state index is 13.5. The number of nitrogens with one attached hydrogen (secondary N) is 1. The minimum atomic E-state index is -0.581. The van der Waals surface area contributed by atoms with Crippen LogP contribution in [0.3, 0.4) is 0 Å². The highest BCUT2D eigenvalue weighted by Gasteiger charge is 2.11. The Balaban J connectivity index is 1.81. The number of hydrogen-bond donors (Lipinski definition) is 1. The van der Waals surface area contributed by atoms with E-state index < -0.39 is 11.7 Å². The van der Waals surface area contributed by atoms with E-state index in [0.29, 0.717) is 22.3 Å². The second-order valence-electron chi connectivity index (χ2n) is 4.18. The summed E-state index contributed by atoms with van der Waals surface area (Å²) >= 11 is 13.1. The van der Waals surface area contributed by atoms with Crippen molar-refractivity contribution in [2.24, 2.45) is 0 Å². The van der Waals surface area contributed by atoms with Crippen molar-refractivity contribution in [3.05, 3.63) is 63.9 Å². The summed E-state index contributed by atoms with van der Waals surface area (Å²) in [5, 5.41) is 3.68. The normalized spacial score (nSPS) is 10.4. The summed E-state index contributed by atoms with van der Waals surface area (Å²) in [4.78, 5) is 12.9. The zero-order chi connectivity index (χ0) is 15.2. The molecule has 0 bridgehead atoms. The molecule has 0 spiro atoms. The topological polar surface area (TPSA) is 29.1 Å². The van der Waals surface area contributed by atoms with Crippen LogP contribution >= 0.6 is 35.0 Å². The molecule has 0 aliphatic heterocycles. The Labute approximate surface area is 136 Å². The molecule has 110 valence electrons. The molecule has 6 heteroatoms. The SMILES string of the molecule is O=C(NCCSc1ccc(Cl)cc1)c1cc(Cl)ccc1F. The first-order chi connectivity index (χ1) is 10.1. The monoisotopic (exact) mass is 343 g/mol. The van der Waals surface area contributed by atoms with Gasteiger partial charge >= 0.3 is 0 Å². The largest absolute Gasteiger partial charge is 0.351 e. The third-order valence-electron chi connectivity index (χ3n) is 2.64. The van der Waals surface area contributed by atoms with E-state index >= 15 is 0 Å². The molecule has 0 radical (unpaired) electrons. The van der Waals surface area contributed by atoms with Crippen LogP contribution in [0.1, 0.15) is 10.4 Å². The molecule has 21 heavy (non-hydrogen) atoms. The predicted octanol–water partition coefficient (Wildman–Crippen LogP) is 4.65. The zero-order valence-electron chi connectivity index (χ0n) is 10.9. The van der Waals surface area contributed by atoms with E-state index in [0.717, 1.165) is 4.90 Å². The number of hydrogen-bond acceptors (Lipinski definition) is 2. The minimum Gasteiger partial charge on any atom is -0.351 e. The smallest absolute Gasteiger partial charge is 0.254 e. The van der Waals surface area contributed by atoms with Gasteiger partial charge in [0.25, 0.3) is 5.91 Å². The molecule has 0 aliphatic rings. The molecule has 2 rings (SSSR count). The van der Waals surface area contributed by atoms with Crippen molar-refractivity contribution >= 4 is 40.9 Å². The molecule has 0 saturated heterocycles. The Bertz CT molecular complexity index is 634. The summed E-state index contributed by atoms with van der Waals surface area (Å²) < 4.78 is 13.5. The fourth-order valence-corrected chi connectivity index (χ4v) is 2.70. The van der Waals surface area contributed by atoms with Gasteiger partial charge in [-0.1, -0.05) is 23.2 Å². The summed E-state index contributed by atoms with van der Waals surface area (Å²) in [5.41, 5.74) is -0.0426. The number of rotatable bonds is 5. The molecular formula is C15H12Cl2FNOS. The first kappa shape index (κ1) is 16.1. The third-order valence-corrected chi connectivity index (χ3v) is 4.14. The lowest BCUT2D eigenvalue weighted by Gasteiger charge is -2.06. The fraction of sp³-hybridized carbons (Fsp3) is 0.133. The van der Waals surface area contributed by atoms with Gasteiger partial charge in [-0.2, -0.15) is 0 Å². The van der Waals surface area contributed by atoms with Crippen molar-refractivity contribution in [3.8, 4) is 0 Å². The Morgan fingerprint density at radius 1 is 1.10 bits per heavy atom. The molecule has 0 saturated carbocycles. The van der Waals surface area contributed by atoms with Crippen LogP contribution in [0.25, 0.3) is 0 Å². The van der Waals surface area contributed by atoms with E-state index in [-0.39, 0.29) is 5.56 Å². The Hall–Kier alpha value is -1.23. The highest BCUT2D eigenvalue weighted by Crippen LogP contribution is 2.20. The molecule has 0 heterocycles. The summed E-state index contributed by atoms with van der Waals surface area (Å²) in [7, 11) is 0. The van der Waals surface area contributed by atoms with Crippen LogP contribution in [-0.2, 0) is 0 Å². The zero-order valence-corrected chi connectivity index (χ0v) is 13.2. The van der Waals surface area contributed by atoms with E-state index in [9.17, 15) is 9.18 Å². The maximum Gasteiger partial charge on any atom is 0.254 e. The molecule has 2 aromatic rings. The number of carbonyl (C=O) groups is 1. The van der Waals surface area contributed by atoms with Gasteiger partial charge in [0, 0.05) is 27.2 Å². The summed E-state index contributed by atoms with van der Waals surface area (Å²) in [6.07, 6.45) is 0. The van der Waals surface area contributed by atoms with Crippen molar-refractivity contribution in [1.29, 1.82) is 0 Å². The quantitative estimate of drug-likeness (QED) is 0.632. The second kappa shape index (κ2) is 7.69. The second-order valence-corrected chi connectivity index (χ2v) is 6.22. The van der Waals surface area contributed by atoms with Crippen molar-refractivity contribution < 1.29 is 9.18 Å². The van der Waals surface area contributed by atoms with Crippen LogP contribution in [0, 0.1) is 5.82 Å². The van der Waals surface area contributed by atoms with Crippen molar-refractivity contribution in [2.75, 3.05) is 12.3 Å². The molecule has 1 amide bonds. The summed E-state index contributed by atoms with van der Waals surface area (Å²) in [6.45, 7) is 0.429. The van der Waals surface area contributed by atoms with Crippen LogP contribution in [0.5, 0.6) is 0 Å². The molecule has 0 unspecified atom stereocenters. The molecule has 0 aromatic heterocycles. The number of amides is 1. The summed E-state index contributed by atoms with van der Waals surface area (Å²) in [5.74, 6) is -0.371. The first-order valence-electron chi connectivity index (χ1n) is 6.18. The maximum atomic E-state index is 13.5. The van der Waals surface area contributed by atoms with E-state index in [1.807, 2.05) is 24.3 Å². The number of halogens is 3. The average molecular weight is 344 g/mol. The highest BCUT2D eigenvalue weighted by molar-refractivity contribution is 7.99. The number of thioether (sulfide) groups is 1. The van der Waals surface area contributed by atoms with Crippen LogP contribution in [0.4, 0.5) is 4.39 Å². The minimum absolute atomic E-state index is 0.0426. The van der Waals surface area contributed by atoms with Crippen molar-refractivity contribution in [3.63, 3.8) is 0 Å². The van der Waals surface area contributed by atoms with Gasteiger partial charge in [-0.3, -0.25) is 4.79 Å². The fourth-order valence-electron chi connectivity index (χ4n) is 1.63. The molecule has 2 aromatic carbocycles. The average Bonchev–Trinajstić information content (AvgIpc) is 2.47. The van der Waals surface area contributed by atoms with Gasteiger partial charge < -0.3 is 5.32 Å². The van der Waals surface area contributed by atoms with Gasteiger partial charge in [0.05, 0.1) is 5.56 Å². The van der Waals surface area contributed by atoms with Crippen LogP contribution in [-0.4, -0.2) is 18.2 Å².